The van der Waals surface area contributed by atoms with Crippen LogP contribution >= 0.6 is 15.9 Å². The molecule has 19 heavy (non-hydrogen) atoms. The minimum absolute atomic E-state index is 0.0234. The first-order chi connectivity index (χ1) is 8.91. The normalized spacial score (nSPS) is 11.9. The molecule has 1 aromatic carbocycles. The van der Waals surface area contributed by atoms with E-state index in [4.69, 9.17) is 5.11 Å². The van der Waals surface area contributed by atoms with Crippen molar-refractivity contribution in [2.24, 2.45) is 5.92 Å². The minimum atomic E-state index is -0.865. The maximum Gasteiger partial charge on any atom is 0.303 e. The number of nitrogens with one attached hydrogen (secondary N) is 1. The second-order valence-corrected chi connectivity index (χ2v) is 5.20. The van der Waals surface area contributed by atoms with Crippen molar-refractivity contribution in [2.45, 2.75) is 19.8 Å². The Morgan fingerprint density at radius 1 is 1.47 bits per heavy atom. The molecule has 1 atom stereocenters. The smallest absolute Gasteiger partial charge is 0.303 e. The zero-order valence-electron chi connectivity index (χ0n) is 10.5. The number of carboxylic acids is 1. The lowest BCUT2D eigenvalue weighted by atomic mass is 10.1. The first kappa shape index (κ1) is 15.6. The van der Waals surface area contributed by atoms with Gasteiger partial charge in [0.25, 0.3) is 5.91 Å². The molecule has 0 saturated carbocycles. The maximum atomic E-state index is 13.6. The summed E-state index contributed by atoms with van der Waals surface area (Å²) in [4.78, 5) is 22.2. The summed E-state index contributed by atoms with van der Waals surface area (Å²) in [5.41, 5.74) is -0.0280. The summed E-state index contributed by atoms with van der Waals surface area (Å²) in [6.07, 6.45) is 0.527. The van der Waals surface area contributed by atoms with Crippen LogP contribution in [0.4, 0.5) is 4.39 Å². The molecule has 0 radical (unpaired) electrons. The van der Waals surface area contributed by atoms with Crippen LogP contribution in [0.3, 0.4) is 0 Å². The van der Waals surface area contributed by atoms with Crippen LogP contribution in [0, 0.1) is 11.7 Å². The lowest BCUT2D eigenvalue weighted by molar-refractivity contribution is -0.137. The predicted octanol–water partition coefficient (Wildman–Crippen LogP) is 2.82. The average Bonchev–Trinajstić information content (AvgIpc) is 2.36. The number of benzene rings is 1. The van der Waals surface area contributed by atoms with Gasteiger partial charge in [-0.25, -0.2) is 4.39 Å². The van der Waals surface area contributed by atoms with Crippen molar-refractivity contribution < 1.29 is 19.1 Å². The Kier molecular flexibility index (Phi) is 5.95. The third kappa shape index (κ3) is 4.98. The van der Waals surface area contributed by atoms with Crippen molar-refractivity contribution in [2.75, 3.05) is 6.54 Å². The van der Waals surface area contributed by atoms with E-state index in [0.717, 1.165) is 0 Å². The maximum absolute atomic E-state index is 13.6. The van der Waals surface area contributed by atoms with Crippen molar-refractivity contribution in [3.63, 3.8) is 0 Å². The SMILES string of the molecule is CC(CCC(=O)O)CNC(=O)c1cccc(Br)c1F. The van der Waals surface area contributed by atoms with Gasteiger partial charge in [0.1, 0.15) is 5.82 Å². The van der Waals surface area contributed by atoms with Crippen LogP contribution in [0.2, 0.25) is 0 Å². The Balaban J connectivity index is 2.51. The summed E-state index contributed by atoms with van der Waals surface area (Å²) in [5.74, 6) is -1.94. The second kappa shape index (κ2) is 7.23. The van der Waals surface area contributed by atoms with Gasteiger partial charge in [-0.1, -0.05) is 13.0 Å². The number of hydrogen-bond donors (Lipinski definition) is 2. The van der Waals surface area contributed by atoms with E-state index in [1.165, 1.54) is 12.1 Å². The summed E-state index contributed by atoms with van der Waals surface area (Å²) in [5, 5.41) is 11.1. The molecule has 0 spiro atoms. The van der Waals surface area contributed by atoms with Crippen LogP contribution in [0.25, 0.3) is 0 Å². The zero-order valence-corrected chi connectivity index (χ0v) is 12.0. The molecule has 1 rings (SSSR count). The van der Waals surface area contributed by atoms with Crippen LogP contribution in [-0.2, 0) is 4.79 Å². The number of halogens is 2. The number of aliphatic carboxylic acids is 1. The number of carbonyl (C=O) groups is 2. The van der Waals surface area contributed by atoms with Crippen LogP contribution in [0.15, 0.2) is 22.7 Å². The lowest BCUT2D eigenvalue weighted by Crippen LogP contribution is -2.29. The number of carbonyl (C=O) groups excluding carboxylic acids is 1. The van der Waals surface area contributed by atoms with E-state index < -0.39 is 17.7 Å². The van der Waals surface area contributed by atoms with Crippen LogP contribution in [-0.4, -0.2) is 23.5 Å². The molecule has 0 bridgehead atoms. The van der Waals surface area contributed by atoms with E-state index in [9.17, 15) is 14.0 Å². The van der Waals surface area contributed by atoms with Crippen LogP contribution in [0.5, 0.6) is 0 Å². The number of rotatable bonds is 6. The summed E-state index contributed by atoms with van der Waals surface area (Å²) in [7, 11) is 0. The van der Waals surface area contributed by atoms with Gasteiger partial charge in [0.15, 0.2) is 0 Å². The van der Waals surface area contributed by atoms with Gasteiger partial charge in [-0.15, -0.1) is 0 Å². The molecule has 1 amide bonds. The average molecular weight is 332 g/mol. The van der Waals surface area contributed by atoms with E-state index in [1.807, 2.05) is 6.92 Å². The predicted molar refractivity (Wildman–Crippen MR) is 72.5 cm³/mol. The number of hydrogen-bond acceptors (Lipinski definition) is 2. The van der Waals surface area contributed by atoms with Crippen molar-refractivity contribution in [1.29, 1.82) is 0 Å². The molecule has 2 N–H and O–H groups in total. The Hall–Kier alpha value is -1.43. The largest absolute Gasteiger partial charge is 0.481 e. The van der Waals surface area contributed by atoms with Crippen molar-refractivity contribution in [3.05, 3.63) is 34.1 Å². The molecule has 0 fully saturated rings. The van der Waals surface area contributed by atoms with Crippen LogP contribution < -0.4 is 5.32 Å². The highest BCUT2D eigenvalue weighted by atomic mass is 79.9. The summed E-state index contributed by atoms with van der Waals surface area (Å²) < 4.78 is 13.9. The highest BCUT2D eigenvalue weighted by Crippen LogP contribution is 2.18. The fraction of sp³-hybridized carbons (Fsp3) is 0.385. The first-order valence-electron chi connectivity index (χ1n) is 5.85. The molecule has 0 aliphatic carbocycles. The van der Waals surface area contributed by atoms with Gasteiger partial charge >= 0.3 is 5.97 Å². The standard InChI is InChI=1S/C13H15BrFNO3/c1-8(5-6-11(17)18)7-16-13(19)9-3-2-4-10(14)12(9)15/h2-4,8H,5-7H2,1H3,(H,16,19)(H,17,18). The third-order valence-electron chi connectivity index (χ3n) is 2.66. The summed E-state index contributed by atoms with van der Waals surface area (Å²) in [6.45, 7) is 2.15. The molecule has 0 aromatic heterocycles. The molecule has 1 unspecified atom stereocenters. The van der Waals surface area contributed by atoms with Gasteiger partial charge in [-0.3, -0.25) is 9.59 Å². The molecular weight excluding hydrogens is 317 g/mol. The molecule has 0 aliphatic rings. The highest BCUT2D eigenvalue weighted by Gasteiger charge is 2.14. The summed E-state index contributed by atoms with van der Waals surface area (Å²) >= 11 is 3.01. The second-order valence-electron chi connectivity index (χ2n) is 4.35. The molecule has 0 heterocycles. The molecular formula is C13H15BrFNO3. The van der Waals surface area contributed by atoms with Crippen molar-refractivity contribution in [1.82, 2.24) is 5.32 Å². The lowest BCUT2D eigenvalue weighted by Gasteiger charge is -2.12. The van der Waals surface area contributed by atoms with E-state index >= 15 is 0 Å². The van der Waals surface area contributed by atoms with Gasteiger partial charge in [-0.2, -0.15) is 0 Å². The fourth-order valence-electron chi connectivity index (χ4n) is 1.51. The van der Waals surface area contributed by atoms with E-state index in [1.54, 1.807) is 6.07 Å². The number of amides is 1. The quantitative estimate of drug-likeness (QED) is 0.842. The Morgan fingerprint density at radius 2 is 2.16 bits per heavy atom. The minimum Gasteiger partial charge on any atom is -0.481 e. The van der Waals surface area contributed by atoms with Gasteiger partial charge in [-0.05, 0) is 40.4 Å². The Bertz CT molecular complexity index is 479. The monoisotopic (exact) mass is 331 g/mol. The van der Waals surface area contributed by atoms with Gasteiger partial charge < -0.3 is 10.4 Å². The van der Waals surface area contributed by atoms with Gasteiger partial charge in [0, 0.05) is 13.0 Å². The third-order valence-corrected chi connectivity index (χ3v) is 3.27. The Labute approximate surface area is 119 Å². The van der Waals surface area contributed by atoms with E-state index in [2.05, 4.69) is 21.2 Å². The fourth-order valence-corrected chi connectivity index (χ4v) is 1.88. The molecule has 4 nitrogen and oxygen atoms in total. The van der Waals surface area contributed by atoms with Gasteiger partial charge in [0.05, 0.1) is 10.0 Å². The first-order valence-corrected chi connectivity index (χ1v) is 6.65. The highest BCUT2D eigenvalue weighted by molar-refractivity contribution is 9.10. The molecule has 1 aromatic rings. The number of carboxylic acid groups (broad SMARTS) is 1. The molecule has 0 saturated heterocycles. The van der Waals surface area contributed by atoms with E-state index in [-0.39, 0.29) is 22.4 Å². The van der Waals surface area contributed by atoms with Crippen molar-refractivity contribution >= 4 is 27.8 Å². The molecule has 0 aliphatic heterocycles. The summed E-state index contributed by atoms with van der Waals surface area (Å²) in [6, 6.07) is 4.49. The van der Waals surface area contributed by atoms with Crippen LogP contribution in [0.1, 0.15) is 30.1 Å². The molecule has 104 valence electrons. The van der Waals surface area contributed by atoms with Gasteiger partial charge in [0.2, 0.25) is 0 Å². The topological polar surface area (TPSA) is 66.4 Å². The molecule has 6 heteroatoms. The zero-order chi connectivity index (χ0) is 14.4. The van der Waals surface area contributed by atoms with Crippen molar-refractivity contribution in [3.8, 4) is 0 Å². The van der Waals surface area contributed by atoms with E-state index in [0.29, 0.717) is 13.0 Å². The Morgan fingerprint density at radius 3 is 2.79 bits per heavy atom.